The minimum absolute atomic E-state index is 0.206. The standard InChI is InChI=1S/C9H10ClNO3S/c1-14-7-2-4-8(5-3-7)15(13)11-9(12)6-10/h2-5H,6H2,1H3,(H,11,12). The summed E-state index contributed by atoms with van der Waals surface area (Å²) in [7, 11) is -0.0203. The number of ether oxygens (including phenoxy) is 1. The van der Waals surface area contributed by atoms with Crippen molar-refractivity contribution in [3.63, 3.8) is 0 Å². The van der Waals surface area contributed by atoms with Gasteiger partial charge in [-0.1, -0.05) is 0 Å². The molecule has 0 bridgehead atoms. The number of halogens is 1. The van der Waals surface area contributed by atoms with Crippen LogP contribution in [0.15, 0.2) is 29.2 Å². The maximum Gasteiger partial charge on any atom is 0.246 e. The number of rotatable bonds is 4. The number of hydrogen-bond donors (Lipinski definition) is 1. The number of benzene rings is 1. The molecule has 82 valence electrons. The van der Waals surface area contributed by atoms with Gasteiger partial charge in [0.25, 0.3) is 0 Å². The molecule has 0 aromatic heterocycles. The summed E-state index contributed by atoms with van der Waals surface area (Å²) < 4.78 is 18.7. The van der Waals surface area contributed by atoms with Crippen LogP contribution in [0, 0.1) is 0 Å². The summed E-state index contributed by atoms with van der Waals surface area (Å²) in [5, 5.41) is 0. The average Bonchev–Trinajstić information content (AvgIpc) is 2.29. The van der Waals surface area contributed by atoms with Gasteiger partial charge in [0.2, 0.25) is 5.91 Å². The highest BCUT2D eigenvalue weighted by atomic mass is 35.5. The van der Waals surface area contributed by atoms with E-state index in [2.05, 4.69) is 4.72 Å². The van der Waals surface area contributed by atoms with E-state index in [4.69, 9.17) is 16.3 Å². The van der Waals surface area contributed by atoms with Gasteiger partial charge in [0.15, 0.2) is 11.0 Å². The molecule has 0 fully saturated rings. The van der Waals surface area contributed by atoms with Crippen LogP contribution in [0.3, 0.4) is 0 Å². The van der Waals surface area contributed by atoms with E-state index in [1.54, 1.807) is 31.4 Å². The van der Waals surface area contributed by atoms with Gasteiger partial charge in [-0.2, -0.15) is 0 Å². The molecule has 4 nitrogen and oxygen atoms in total. The van der Waals surface area contributed by atoms with Gasteiger partial charge in [-0.15, -0.1) is 11.6 Å². The zero-order valence-electron chi connectivity index (χ0n) is 8.03. The lowest BCUT2D eigenvalue weighted by Gasteiger charge is -2.04. The Bertz CT molecular complexity index is 366. The third kappa shape index (κ3) is 3.53. The lowest BCUT2D eigenvalue weighted by molar-refractivity contribution is -0.116. The third-order valence-corrected chi connectivity index (χ3v) is 2.96. The number of amides is 1. The smallest absolute Gasteiger partial charge is 0.246 e. The fourth-order valence-corrected chi connectivity index (χ4v) is 1.82. The van der Waals surface area contributed by atoms with Gasteiger partial charge in [0.1, 0.15) is 11.6 Å². The molecular weight excluding hydrogens is 238 g/mol. The molecule has 1 aromatic rings. The molecule has 1 atom stereocenters. The Morgan fingerprint density at radius 3 is 2.53 bits per heavy atom. The Balaban J connectivity index is 2.70. The minimum Gasteiger partial charge on any atom is -0.497 e. The van der Waals surface area contributed by atoms with Gasteiger partial charge in [-0.05, 0) is 24.3 Å². The maximum atomic E-state index is 11.5. The quantitative estimate of drug-likeness (QED) is 0.810. The molecule has 0 aliphatic rings. The third-order valence-electron chi connectivity index (χ3n) is 1.60. The molecule has 0 heterocycles. The second-order valence-electron chi connectivity index (χ2n) is 2.60. The fraction of sp³-hybridized carbons (Fsp3) is 0.222. The normalized spacial score (nSPS) is 11.9. The lowest BCUT2D eigenvalue weighted by Crippen LogP contribution is -2.26. The van der Waals surface area contributed by atoms with Crippen LogP contribution in [0.4, 0.5) is 0 Å². The van der Waals surface area contributed by atoms with Gasteiger partial charge in [-0.3, -0.25) is 9.52 Å². The molecule has 1 N–H and O–H groups in total. The largest absolute Gasteiger partial charge is 0.497 e. The summed E-state index contributed by atoms with van der Waals surface area (Å²) in [6, 6.07) is 6.56. The van der Waals surface area contributed by atoms with Crippen molar-refractivity contribution >= 4 is 28.5 Å². The number of hydrogen-bond acceptors (Lipinski definition) is 3. The van der Waals surface area contributed by atoms with E-state index in [0.717, 1.165) is 0 Å². The van der Waals surface area contributed by atoms with Gasteiger partial charge in [0, 0.05) is 0 Å². The van der Waals surface area contributed by atoms with Crippen LogP contribution < -0.4 is 9.46 Å². The van der Waals surface area contributed by atoms with Crippen molar-refractivity contribution in [3.05, 3.63) is 24.3 Å². The number of carbonyl (C=O) groups excluding carboxylic acids is 1. The highest BCUT2D eigenvalue weighted by Crippen LogP contribution is 2.13. The fourth-order valence-electron chi connectivity index (χ4n) is 0.889. The Morgan fingerprint density at radius 2 is 2.07 bits per heavy atom. The van der Waals surface area contributed by atoms with E-state index < -0.39 is 16.9 Å². The van der Waals surface area contributed by atoms with E-state index in [1.165, 1.54) is 0 Å². The zero-order chi connectivity index (χ0) is 11.3. The molecule has 0 radical (unpaired) electrons. The summed E-state index contributed by atoms with van der Waals surface area (Å²) >= 11 is 5.26. The summed E-state index contributed by atoms with van der Waals surface area (Å²) in [6.45, 7) is 0. The van der Waals surface area contributed by atoms with Gasteiger partial charge in [-0.25, -0.2) is 4.21 Å². The van der Waals surface area contributed by atoms with Gasteiger partial charge >= 0.3 is 0 Å². The molecular formula is C9H10ClNO3S. The first-order valence-corrected chi connectivity index (χ1v) is 5.77. The van der Waals surface area contributed by atoms with Crippen LogP contribution in [0.5, 0.6) is 5.75 Å². The molecule has 0 saturated carbocycles. The van der Waals surface area contributed by atoms with E-state index in [0.29, 0.717) is 10.6 Å². The zero-order valence-corrected chi connectivity index (χ0v) is 9.60. The number of carbonyl (C=O) groups is 1. The summed E-state index contributed by atoms with van der Waals surface area (Å²) in [5.74, 6) is -0.00716. The Labute approximate surface area is 95.2 Å². The van der Waals surface area contributed by atoms with Crippen molar-refractivity contribution in [1.29, 1.82) is 0 Å². The molecule has 0 aliphatic carbocycles. The Kier molecular flexibility index (Phi) is 4.58. The SMILES string of the molecule is COc1ccc(S(=O)NC(=O)CCl)cc1. The van der Waals surface area contributed by atoms with Crippen molar-refractivity contribution in [1.82, 2.24) is 4.72 Å². The molecule has 1 rings (SSSR count). The molecule has 1 unspecified atom stereocenters. The van der Waals surface area contributed by atoms with E-state index in [-0.39, 0.29) is 5.88 Å². The van der Waals surface area contributed by atoms with Gasteiger partial charge < -0.3 is 4.74 Å². The summed E-state index contributed by atoms with van der Waals surface area (Å²) in [6.07, 6.45) is 0. The second kappa shape index (κ2) is 5.72. The van der Waals surface area contributed by atoms with Crippen LogP contribution in [0.2, 0.25) is 0 Å². The highest BCUT2D eigenvalue weighted by molar-refractivity contribution is 7.83. The predicted molar refractivity (Wildman–Crippen MR) is 58.3 cm³/mol. The molecule has 1 amide bonds. The molecule has 1 aromatic carbocycles. The first kappa shape index (κ1) is 12.0. The second-order valence-corrected chi connectivity index (χ2v) is 4.08. The molecule has 0 saturated heterocycles. The van der Waals surface area contributed by atoms with Crippen LogP contribution >= 0.6 is 11.6 Å². The number of methoxy groups -OCH3 is 1. The predicted octanol–water partition coefficient (Wildman–Crippen LogP) is 1.07. The van der Waals surface area contributed by atoms with Crippen LogP contribution in [0.25, 0.3) is 0 Å². The highest BCUT2D eigenvalue weighted by Gasteiger charge is 2.07. The molecule has 0 aliphatic heterocycles. The first-order chi connectivity index (χ1) is 7.17. The summed E-state index contributed by atoms with van der Waals surface area (Å²) in [5.41, 5.74) is 0. The van der Waals surface area contributed by atoms with Crippen LogP contribution in [-0.4, -0.2) is 23.1 Å². The summed E-state index contributed by atoms with van der Waals surface area (Å²) in [4.78, 5) is 11.4. The first-order valence-electron chi connectivity index (χ1n) is 4.08. The number of alkyl halides is 1. The Hall–Kier alpha value is -1.07. The monoisotopic (exact) mass is 247 g/mol. The number of nitrogens with one attached hydrogen (secondary N) is 1. The molecule has 15 heavy (non-hydrogen) atoms. The Morgan fingerprint density at radius 1 is 1.47 bits per heavy atom. The van der Waals surface area contributed by atoms with E-state index in [1.807, 2.05) is 0 Å². The van der Waals surface area contributed by atoms with Crippen LogP contribution in [-0.2, 0) is 15.8 Å². The maximum absolute atomic E-state index is 11.5. The van der Waals surface area contributed by atoms with Crippen molar-refractivity contribution < 1.29 is 13.7 Å². The van der Waals surface area contributed by atoms with Crippen molar-refractivity contribution in [2.45, 2.75) is 4.90 Å². The topological polar surface area (TPSA) is 55.4 Å². The van der Waals surface area contributed by atoms with Gasteiger partial charge in [0.05, 0.1) is 12.0 Å². The lowest BCUT2D eigenvalue weighted by atomic mass is 10.3. The van der Waals surface area contributed by atoms with Crippen molar-refractivity contribution in [3.8, 4) is 5.75 Å². The van der Waals surface area contributed by atoms with Crippen molar-refractivity contribution in [2.24, 2.45) is 0 Å². The minimum atomic E-state index is -1.56. The van der Waals surface area contributed by atoms with E-state index in [9.17, 15) is 9.00 Å². The molecule has 0 spiro atoms. The van der Waals surface area contributed by atoms with Crippen molar-refractivity contribution in [2.75, 3.05) is 13.0 Å². The van der Waals surface area contributed by atoms with E-state index >= 15 is 0 Å². The molecule has 6 heteroatoms. The van der Waals surface area contributed by atoms with Crippen LogP contribution in [0.1, 0.15) is 0 Å². The average molecular weight is 248 g/mol.